The first-order valence-corrected chi connectivity index (χ1v) is 8.74. The van der Waals surface area contributed by atoms with Crippen LogP contribution < -0.4 is 16.0 Å². The molecule has 6 nitrogen and oxygen atoms in total. The number of hydrogen-bond acceptors (Lipinski definition) is 5. The predicted octanol–water partition coefficient (Wildman–Crippen LogP) is 4.85. The van der Waals surface area contributed by atoms with Gasteiger partial charge in [-0.2, -0.15) is 4.98 Å². The zero-order valence-electron chi connectivity index (χ0n) is 15.9. The molecule has 3 rings (SSSR count). The van der Waals surface area contributed by atoms with E-state index in [2.05, 4.69) is 51.9 Å². The molecule has 1 heterocycles. The average Bonchev–Trinajstić information content (AvgIpc) is 2.57. The van der Waals surface area contributed by atoms with Crippen LogP contribution >= 0.6 is 0 Å². The second kappa shape index (κ2) is 7.86. The van der Waals surface area contributed by atoms with Crippen molar-refractivity contribution in [3.05, 3.63) is 65.4 Å². The number of aryl methyl sites for hydroxylation is 3. The number of nitrogens with one attached hydrogen (secondary N) is 3. The molecule has 27 heavy (non-hydrogen) atoms. The van der Waals surface area contributed by atoms with Crippen LogP contribution in [0, 0.1) is 20.8 Å². The summed E-state index contributed by atoms with van der Waals surface area (Å²) in [4.78, 5) is 20.3. The van der Waals surface area contributed by atoms with Crippen molar-refractivity contribution >= 4 is 34.7 Å². The van der Waals surface area contributed by atoms with Crippen LogP contribution in [0.5, 0.6) is 0 Å². The Labute approximate surface area is 159 Å². The third-order valence-electron chi connectivity index (χ3n) is 4.03. The highest BCUT2D eigenvalue weighted by Gasteiger charge is 2.07. The monoisotopic (exact) mass is 361 g/mol. The van der Waals surface area contributed by atoms with E-state index in [1.165, 1.54) is 6.92 Å². The van der Waals surface area contributed by atoms with Gasteiger partial charge in [-0.3, -0.25) is 4.79 Å². The van der Waals surface area contributed by atoms with Gasteiger partial charge in [-0.05, 0) is 50.1 Å². The molecule has 0 unspecified atom stereocenters. The van der Waals surface area contributed by atoms with E-state index in [1.807, 2.05) is 43.3 Å². The molecule has 0 aliphatic heterocycles. The number of hydrogen-bond donors (Lipinski definition) is 3. The first-order chi connectivity index (χ1) is 12.9. The van der Waals surface area contributed by atoms with Crippen molar-refractivity contribution in [2.45, 2.75) is 27.7 Å². The first-order valence-electron chi connectivity index (χ1n) is 8.74. The lowest BCUT2D eigenvalue weighted by Crippen LogP contribution is -2.06. The number of anilines is 5. The van der Waals surface area contributed by atoms with E-state index in [-0.39, 0.29) is 5.91 Å². The molecule has 0 atom stereocenters. The second-order valence-corrected chi connectivity index (χ2v) is 6.50. The molecule has 1 aromatic heterocycles. The maximum atomic E-state index is 11.2. The Kier molecular flexibility index (Phi) is 5.35. The molecular formula is C21H23N5O. The van der Waals surface area contributed by atoms with Gasteiger partial charge in [0.05, 0.1) is 0 Å². The van der Waals surface area contributed by atoms with Gasteiger partial charge >= 0.3 is 0 Å². The van der Waals surface area contributed by atoms with Gasteiger partial charge in [0.1, 0.15) is 5.82 Å². The fraction of sp³-hybridized carbons (Fsp3) is 0.190. The summed E-state index contributed by atoms with van der Waals surface area (Å²) in [6, 6.07) is 15.5. The molecule has 2 aromatic carbocycles. The van der Waals surface area contributed by atoms with Gasteiger partial charge in [0.15, 0.2) is 0 Å². The zero-order chi connectivity index (χ0) is 19.4. The number of nitrogens with zero attached hydrogens (tertiary/aromatic N) is 2. The summed E-state index contributed by atoms with van der Waals surface area (Å²) >= 11 is 0. The van der Waals surface area contributed by atoms with Crippen molar-refractivity contribution in [2.24, 2.45) is 0 Å². The van der Waals surface area contributed by atoms with Gasteiger partial charge in [0.25, 0.3) is 0 Å². The molecule has 0 aliphatic rings. The average molecular weight is 361 g/mol. The molecule has 1 amide bonds. The van der Waals surface area contributed by atoms with Crippen LogP contribution in [0.3, 0.4) is 0 Å². The van der Waals surface area contributed by atoms with Crippen LogP contribution in [-0.4, -0.2) is 15.9 Å². The van der Waals surface area contributed by atoms with Crippen molar-refractivity contribution < 1.29 is 4.79 Å². The molecule has 0 fully saturated rings. The molecule has 0 aliphatic carbocycles. The molecule has 0 bridgehead atoms. The Morgan fingerprint density at radius 1 is 0.852 bits per heavy atom. The zero-order valence-corrected chi connectivity index (χ0v) is 15.9. The van der Waals surface area contributed by atoms with E-state index in [1.54, 1.807) is 0 Å². The maximum Gasteiger partial charge on any atom is 0.229 e. The molecule has 0 spiro atoms. The van der Waals surface area contributed by atoms with E-state index in [0.717, 1.165) is 33.9 Å². The predicted molar refractivity (Wildman–Crippen MR) is 110 cm³/mol. The Morgan fingerprint density at radius 3 is 2.22 bits per heavy atom. The summed E-state index contributed by atoms with van der Waals surface area (Å²) in [5.74, 6) is 1.11. The highest BCUT2D eigenvalue weighted by molar-refractivity contribution is 5.89. The number of carbonyl (C=O) groups excluding carboxylic acids is 1. The Morgan fingerprint density at radius 2 is 1.52 bits per heavy atom. The van der Waals surface area contributed by atoms with Gasteiger partial charge < -0.3 is 16.0 Å². The van der Waals surface area contributed by atoms with Gasteiger partial charge in [0.2, 0.25) is 11.9 Å². The molecule has 138 valence electrons. The number of aromatic nitrogens is 2. The van der Waals surface area contributed by atoms with Crippen molar-refractivity contribution in [2.75, 3.05) is 16.0 Å². The van der Waals surface area contributed by atoms with E-state index in [9.17, 15) is 4.79 Å². The number of amides is 1. The lowest BCUT2D eigenvalue weighted by Gasteiger charge is -2.13. The van der Waals surface area contributed by atoms with E-state index >= 15 is 0 Å². The van der Waals surface area contributed by atoms with Crippen LogP contribution in [-0.2, 0) is 4.79 Å². The van der Waals surface area contributed by atoms with Crippen molar-refractivity contribution in [3.63, 3.8) is 0 Å². The standard InChI is InChI=1S/C21H23N5O/c1-13-7-5-8-14(2)20(13)26-21-22-15(3)11-19(25-21)24-18-10-6-9-17(12-18)23-16(4)27/h5-12H,1-4H3,(H,23,27)(H2,22,24,25,26). The Bertz CT molecular complexity index is 964. The summed E-state index contributed by atoms with van der Waals surface area (Å²) in [5.41, 5.74) is 5.70. The van der Waals surface area contributed by atoms with Gasteiger partial charge in [0, 0.05) is 35.7 Å². The Hall–Kier alpha value is -3.41. The lowest BCUT2D eigenvalue weighted by molar-refractivity contribution is -0.114. The van der Waals surface area contributed by atoms with Crippen LogP contribution in [0.1, 0.15) is 23.7 Å². The fourth-order valence-corrected chi connectivity index (χ4v) is 2.84. The minimum Gasteiger partial charge on any atom is -0.340 e. The SMILES string of the molecule is CC(=O)Nc1cccc(Nc2cc(C)nc(Nc3c(C)cccc3C)n2)c1. The number of carbonyl (C=O) groups is 1. The fourth-order valence-electron chi connectivity index (χ4n) is 2.84. The van der Waals surface area contributed by atoms with Crippen LogP contribution in [0.15, 0.2) is 48.5 Å². The molecule has 6 heteroatoms. The van der Waals surface area contributed by atoms with Crippen molar-refractivity contribution in [1.82, 2.24) is 9.97 Å². The van der Waals surface area contributed by atoms with Crippen molar-refractivity contribution in [1.29, 1.82) is 0 Å². The number of benzene rings is 2. The van der Waals surface area contributed by atoms with E-state index in [0.29, 0.717) is 11.8 Å². The maximum absolute atomic E-state index is 11.2. The smallest absolute Gasteiger partial charge is 0.229 e. The summed E-state index contributed by atoms with van der Waals surface area (Å²) in [7, 11) is 0. The molecule has 3 aromatic rings. The molecule has 0 saturated carbocycles. The molecule has 0 saturated heterocycles. The highest BCUT2D eigenvalue weighted by Crippen LogP contribution is 2.25. The lowest BCUT2D eigenvalue weighted by atomic mass is 10.1. The normalized spacial score (nSPS) is 10.4. The van der Waals surface area contributed by atoms with E-state index < -0.39 is 0 Å². The quantitative estimate of drug-likeness (QED) is 0.605. The Balaban J connectivity index is 1.85. The summed E-state index contributed by atoms with van der Waals surface area (Å²) in [5, 5.41) is 9.37. The third kappa shape index (κ3) is 4.82. The summed E-state index contributed by atoms with van der Waals surface area (Å²) in [6.45, 7) is 7.52. The van der Waals surface area contributed by atoms with Gasteiger partial charge in [-0.15, -0.1) is 0 Å². The summed E-state index contributed by atoms with van der Waals surface area (Å²) < 4.78 is 0. The number of rotatable bonds is 5. The van der Waals surface area contributed by atoms with Crippen molar-refractivity contribution in [3.8, 4) is 0 Å². The topological polar surface area (TPSA) is 78.9 Å². The molecule has 0 radical (unpaired) electrons. The van der Waals surface area contributed by atoms with Crippen LogP contribution in [0.4, 0.5) is 28.8 Å². The first kappa shape index (κ1) is 18.4. The minimum absolute atomic E-state index is 0.106. The molecule has 3 N–H and O–H groups in total. The van der Waals surface area contributed by atoms with Crippen LogP contribution in [0.2, 0.25) is 0 Å². The second-order valence-electron chi connectivity index (χ2n) is 6.50. The largest absolute Gasteiger partial charge is 0.340 e. The number of para-hydroxylation sites is 1. The van der Waals surface area contributed by atoms with E-state index in [4.69, 9.17) is 0 Å². The molecular weight excluding hydrogens is 338 g/mol. The van der Waals surface area contributed by atoms with Gasteiger partial charge in [-0.25, -0.2) is 4.98 Å². The minimum atomic E-state index is -0.106. The highest BCUT2D eigenvalue weighted by atomic mass is 16.1. The van der Waals surface area contributed by atoms with Gasteiger partial charge in [-0.1, -0.05) is 24.3 Å². The van der Waals surface area contributed by atoms with Crippen LogP contribution in [0.25, 0.3) is 0 Å². The third-order valence-corrected chi connectivity index (χ3v) is 4.03. The summed E-state index contributed by atoms with van der Waals surface area (Å²) in [6.07, 6.45) is 0.